The Hall–Kier alpha value is -0.973. The second kappa shape index (κ2) is 19.3. The van der Waals surface area contributed by atoms with Crippen molar-refractivity contribution in [3.8, 4) is 0 Å². The average molecular weight is 408 g/mol. The molecule has 0 bridgehead atoms. The molecule has 0 fully saturated rings. The highest BCUT2D eigenvalue weighted by molar-refractivity contribution is 6.99. The maximum atomic E-state index is 12.5. The van der Waals surface area contributed by atoms with Crippen LogP contribution in [0.5, 0.6) is 0 Å². The summed E-state index contributed by atoms with van der Waals surface area (Å²) in [6.07, 6.45) is 24.4. The van der Waals surface area contributed by atoms with Crippen molar-refractivity contribution in [2.45, 2.75) is 97.1 Å². The molecule has 4 heteroatoms. The van der Waals surface area contributed by atoms with Crippen LogP contribution in [0.25, 0.3) is 0 Å². The highest BCUT2D eigenvalue weighted by atomic mass is 28.4. The summed E-state index contributed by atoms with van der Waals surface area (Å²) in [5, 5.41) is 0.00479. The van der Waals surface area contributed by atoms with Gasteiger partial charge in [0, 0.05) is 19.6 Å². The Morgan fingerprint density at radius 2 is 1.43 bits per heavy atom. The number of hydrogen-bond donors (Lipinski definition) is 0. The molecule has 161 valence electrons. The third kappa shape index (κ3) is 17.1. The molecule has 0 heterocycles. The van der Waals surface area contributed by atoms with Crippen molar-refractivity contribution in [1.29, 1.82) is 0 Å². The maximum absolute atomic E-state index is 12.5. The van der Waals surface area contributed by atoms with Gasteiger partial charge >= 0.3 is 8.32 Å². The molecule has 0 aromatic rings. The molecule has 0 aromatic carbocycles. The summed E-state index contributed by atoms with van der Waals surface area (Å²) in [7, 11) is -2.95. The maximum Gasteiger partial charge on any atom is 0.304 e. The second-order valence-corrected chi connectivity index (χ2v) is 11.1. The number of rotatable bonds is 19. The third-order valence-electron chi connectivity index (χ3n) is 4.79. The molecule has 28 heavy (non-hydrogen) atoms. The Morgan fingerprint density at radius 1 is 0.821 bits per heavy atom. The van der Waals surface area contributed by atoms with Crippen molar-refractivity contribution in [2.75, 3.05) is 13.2 Å². The summed E-state index contributed by atoms with van der Waals surface area (Å²) in [4.78, 5) is 24.6. The van der Waals surface area contributed by atoms with Crippen LogP contribution in [-0.4, -0.2) is 26.9 Å². The lowest BCUT2D eigenvalue weighted by atomic mass is 10.1. The van der Waals surface area contributed by atoms with Gasteiger partial charge in [0.2, 0.25) is 0 Å². The Bertz CT molecular complexity index is 453. The zero-order valence-electron chi connectivity index (χ0n) is 18.6. The van der Waals surface area contributed by atoms with Crippen molar-refractivity contribution in [3.05, 3.63) is 36.5 Å². The van der Waals surface area contributed by atoms with E-state index in [2.05, 4.69) is 43.4 Å². The molecule has 1 atom stereocenters. The first-order chi connectivity index (χ1) is 13.5. The van der Waals surface area contributed by atoms with Gasteiger partial charge in [-0.3, -0.25) is 4.80 Å². The van der Waals surface area contributed by atoms with E-state index in [9.17, 15) is 9.59 Å². The molecule has 0 aromatic heterocycles. The van der Waals surface area contributed by atoms with Gasteiger partial charge in [0.05, 0.1) is 0 Å². The molecule has 0 rings (SSSR count). The first-order valence-corrected chi connectivity index (χ1v) is 13.9. The number of ether oxygens (including phenoxy) is 1. The topological polar surface area (TPSA) is 46.2 Å². The van der Waals surface area contributed by atoms with Crippen molar-refractivity contribution in [1.82, 2.24) is 0 Å². The predicted octanol–water partition coefficient (Wildman–Crippen LogP) is 7.12. The molecule has 0 saturated carbocycles. The van der Waals surface area contributed by atoms with E-state index >= 15 is 0 Å². The van der Waals surface area contributed by atoms with E-state index in [4.69, 9.17) is 4.74 Å². The van der Waals surface area contributed by atoms with Crippen molar-refractivity contribution in [2.24, 2.45) is 0 Å². The van der Waals surface area contributed by atoms with Crippen LogP contribution in [0.3, 0.4) is 0 Å². The van der Waals surface area contributed by atoms with Gasteiger partial charge in [-0.1, -0.05) is 62.6 Å². The monoisotopic (exact) mass is 407 g/mol. The quantitative estimate of drug-likeness (QED) is 0.130. The van der Waals surface area contributed by atoms with E-state index in [0.29, 0.717) is 25.7 Å². The van der Waals surface area contributed by atoms with Gasteiger partial charge < -0.3 is 9.53 Å². The minimum atomic E-state index is -2.95. The van der Waals surface area contributed by atoms with Crippen LogP contribution in [0.1, 0.15) is 84.5 Å². The van der Waals surface area contributed by atoms with E-state index in [-0.39, 0.29) is 5.41 Å². The second-order valence-electron chi connectivity index (χ2n) is 7.55. The lowest BCUT2D eigenvalue weighted by Crippen LogP contribution is -2.39. The highest BCUT2D eigenvalue weighted by Gasteiger charge is 2.35. The fourth-order valence-electron chi connectivity index (χ4n) is 2.96. The van der Waals surface area contributed by atoms with Crippen LogP contribution in [0.15, 0.2) is 36.5 Å². The smallest absolute Gasteiger partial charge is 0.304 e. The lowest BCUT2D eigenvalue weighted by Gasteiger charge is -2.15. The van der Waals surface area contributed by atoms with Gasteiger partial charge in [-0.25, -0.2) is 0 Å². The molecular formula is C24H43O3Si. The molecule has 0 saturated heterocycles. The summed E-state index contributed by atoms with van der Waals surface area (Å²) in [5.41, 5.74) is 0. The number of carbonyl (C=O) groups excluding carboxylic acids is 1. The third-order valence-corrected chi connectivity index (χ3v) is 7.53. The van der Waals surface area contributed by atoms with Crippen LogP contribution in [0.2, 0.25) is 12.6 Å². The Labute approximate surface area is 175 Å². The molecule has 0 spiro atoms. The van der Waals surface area contributed by atoms with Crippen molar-refractivity contribution < 1.29 is 14.3 Å². The zero-order valence-corrected chi connectivity index (χ0v) is 19.6. The molecule has 0 aliphatic carbocycles. The molecule has 1 radical (unpaired) electrons. The fourth-order valence-corrected chi connectivity index (χ4v) is 4.77. The molecule has 3 nitrogen and oxygen atoms in total. The number of allylic oxidation sites excluding steroid dienone is 6. The lowest BCUT2D eigenvalue weighted by molar-refractivity contribution is -0.114. The van der Waals surface area contributed by atoms with Crippen LogP contribution in [0, 0.1) is 0 Å². The number of hydrogen-bond acceptors (Lipinski definition) is 2. The average Bonchev–Trinajstić information content (AvgIpc) is 2.68. The minimum Gasteiger partial charge on any atom is -0.382 e. The summed E-state index contributed by atoms with van der Waals surface area (Å²) < 4.78 is 5.26. The molecule has 0 amide bonds. The highest BCUT2D eigenvalue weighted by Crippen LogP contribution is 2.16. The zero-order chi connectivity index (χ0) is 20.9. The van der Waals surface area contributed by atoms with E-state index < -0.39 is 8.32 Å². The molecule has 0 N–H and O–H groups in total. The summed E-state index contributed by atoms with van der Waals surface area (Å²) in [5.74, 6) is 0. The largest absolute Gasteiger partial charge is 0.382 e. The Morgan fingerprint density at radius 3 is 2.11 bits per heavy atom. The van der Waals surface area contributed by atoms with Crippen LogP contribution in [-0.2, 0) is 14.3 Å². The van der Waals surface area contributed by atoms with E-state index in [1.165, 1.54) is 12.8 Å². The fraction of sp³-hybridized carbons (Fsp3) is 0.708. The SMILES string of the molecule is CC/C=C\C/C=C\C/C=C\CCCCCCCC(=O)[Si](C)([O])CCCOCC. The molecule has 0 aliphatic heterocycles. The number of unbranched alkanes of at least 4 members (excludes halogenated alkanes) is 5. The van der Waals surface area contributed by atoms with E-state index in [0.717, 1.165) is 51.4 Å². The van der Waals surface area contributed by atoms with Crippen molar-refractivity contribution in [3.63, 3.8) is 0 Å². The van der Waals surface area contributed by atoms with Gasteiger partial charge in [0.15, 0.2) is 0 Å². The predicted molar refractivity (Wildman–Crippen MR) is 122 cm³/mol. The van der Waals surface area contributed by atoms with Gasteiger partial charge in [-0.05, 0) is 64.5 Å². The van der Waals surface area contributed by atoms with E-state index in [1.807, 2.05) is 6.92 Å². The first-order valence-electron chi connectivity index (χ1n) is 11.3. The van der Waals surface area contributed by atoms with Crippen LogP contribution in [0.4, 0.5) is 0 Å². The standard InChI is InChI=1S/C24H43O3Si/c1-4-6-7-8-9-10-11-12-13-14-15-16-17-18-19-21-24(25)28(3,26)23-20-22-27-5-2/h6-7,9-10,12-13H,4-5,8,11,14-23H2,1-3H3/b7-6-,10-9-,13-12-. The normalized spacial score (nSPS) is 14.4. The van der Waals surface area contributed by atoms with Crippen molar-refractivity contribution >= 4 is 13.7 Å². The van der Waals surface area contributed by atoms with E-state index in [1.54, 1.807) is 6.55 Å². The first kappa shape index (κ1) is 27.0. The van der Waals surface area contributed by atoms with Crippen LogP contribution < -0.4 is 0 Å². The van der Waals surface area contributed by atoms with Crippen LogP contribution >= 0.6 is 0 Å². The summed E-state index contributed by atoms with van der Waals surface area (Å²) >= 11 is 0. The molecule has 0 aliphatic rings. The molecular weight excluding hydrogens is 364 g/mol. The molecule has 1 unspecified atom stereocenters. The summed E-state index contributed by atoms with van der Waals surface area (Å²) in [6, 6.07) is 0.517. The number of carbonyl (C=O) groups is 1. The van der Waals surface area contributed by atoms with Gasteiger partial charge in [-0.2, -0.15) is 0 Å². The summed E-state index contributed by atoms with van der Waals surface area (Å²) in [6.45, 7) is 7.05. The van der Waals surface area contributed by atoms with Gasteiger partial charge in [0.1, 0.15) is 5.41 Å². The Kier molecular flexibility index (Phi) is 18.7. The van der Waals surface area contributed by atoms with Gasteiger partial charge in [-0.15, -0.1) is 0 Å². The van der Waals surface area contributed by atoms with Gasteiger partial charge in [0.25, 0.3) is 0 Å². The minimum absolute atomic E-state index is 0.00479. The Balaban J connectivity index is 3.56.